The van der Waals surface area contributed by atoms with Crippen LogP contribution in [0.3, 0.4) is 0 Å². The van der Waals surface area contributed by atoms with Gasteiger partial charge in [0.05, 0.1) is 12.1 Å². The number of rotatable bonds is 5. The van der Waals surface area contributed by atoms with Crippen LogP contribution in [-0.2, 0) is 11.3 Å². The summed E-state index contributed by atoms with van der Waals surface area (Å²) in [6, 6.07) is 12.6. The molecule has 0 unspecified atom stereocenters. The minimum Gasteiger partial charge on any atom is -0.496 e. The smallest absolute Gasteiger partial charge is 0.350 e. The summed E-state index contributed by atoms with van der Waals surface area (Å²) in [5.74, 6) is -0.00972. The summed E-state index contributed by atoms with van der Waals surface area (Å²) in [6.45, 7) is 1.47. The predicted octanol–water partition coefficient (Wildman–Crippen LogP) is 5.12. The second-order valence-corrected chi connectivity index (χ2v) is 6.83. The van der Waals surface area contributed by atoms with E-state index >= 15 is 0 Å². The van der Waals surface area contributed by atoms with E-state index in [1.165, 1.54) is 25.4 Å². The Hall–Kier alpha value is -2.37. The summed E-state index contributed by atoms with van der Waals surface area (Å²) in [4.78, 5) is 24.3. The van der Waals surface area contributed by atoms with E-state index in [9.17, 15) is 9.59 Å². The normalized spacial score (nSPS) is 10.7. The van der Waals surface area contributed by atoms with Crippen LogP contribution in [0.25, 0.3) is 10.1 Å². The molecule has 0 spiro atoms. The van der Waals surface area contributed by atoms with E-state index in [1.807, 2.05) is 24.3 Å². The Morgan fingerprint density at radius 3 is 2.60 bits per heavy atom. The van der Waals surface area contributed by atoms with Crippen molar-refractivity contribution < 1.29 is 19.1 Å². The van der Waals surface area contributed by atoms with E-state index in [-0.39, 0.29) is 12.4 Å². The summed E-state index contributed by atoms with van der Waals surface area (Å²) in [5.41, 5.74) is 1.16. The first-order chi connectivity index (χ1) is 12.0. The van der Waals surface area contributed by atoms with Crippen molar-refractivity contribution in [2.45, 2.75) is 13.5 Å². The van der Waals surface area contributed by atoms with Gasteiger partial charge in [-0.15, -0.1) is 11.3 Å². The van der Waals surface area contributed by atoms with E-state index in [0.717, 1.165) is 10.1 Å². The van der Waals surface area contributed by atoms with E-state index in [2.05, 4.69) is 0 Å². The molecule has 1 aromatic heterocycles. The fourth-order valence-electron chi connectivity index (χ4n) is 2.46. The minimum absolute atomic E-state index is 0.00625. The number of methoxy groups -OCH3 is 1. The van der Waals surface area contributed by atoms with Gasteiger partial charge in [0.1, 0.15) is 17.2 Å². The number of fused-ring (bicyclic) bond motifs is 1. The van der Waals surface area contributed by atoms with Gasteiger partial charge in [0.15, 0.2) is 5.78 Å². The highest BCUT2D eigenvalue weighted by Crippen LogP contribution is 2.35. The zero-order valence-corrected chi connectivity index (χ0v) is 15.2. The number of hydrogen-bond acceptors (Lipinski definition) is 5. The molecule has 0 aliphatic carbocycles. The lowest BCUT2D eigenvalue weighted by atomic mass is 10.1. The largest absolute Gasteiger partial charge is 0.496 e. The number of carbonyl (C=O) groups is 2. The molecule has 3 rings (SSSR count). The quantitative estimate of drug-likeness (QED) is 0.459. The number of benzene rings is 2. The molecule has 0 radical (unpaired) electrons. The Bertz CT molecular complexity index is 961. The lowest BCUT2D eigenvalue weighted by Crippen LogP contribution is -2.06. The summed E-state index contributed by atoms with van der Waals surface area (Å²) in [6.07, 6.45) is 0. The number of carbonyl (C=O) groups excluding carboxylic acids is 2. The standard InChI is InChI=1S/C19H15ClO4S/c1-11(21)12-7-8-15(23-2)13(9-12)10-24-19(22)18-17(20)14-5-3-4-6-16(14)25-18/h3-9H,10H2,1-2H3. The fraction of sp³-hybridized carbons (Fsp3) is 0.158. The van der Waals surface area contributed by atoms with Gasteiger partial charge in [0.2, 0.25) is 0 Å². The molecular formula is C19H15ClO4S. The molecule has 128 valence electrons. The summed E-state index contributed by atoms with van der Waals surface area (Å²) >= 11 is 7.59. The van der Waals surface area contributed by atoms with Gasteiger partial charge in [-0.25, -0.2) is 4.79 Å². The van der Waals surface area contributed by atoms with Gasteiger partial charge < -0.3 is 9.47 Å². The van der Waals surface area contributed by atoms with Crippen LogP contribution in [0.2, 0.25) is 5.02 Å². The molecule has 0 fully saturated rings. The highest BCUT2D eigenvalue weighted by Gasteiger charge is 2.19. The molecular weight excluding hydrogens is 360 g/mol. The third kappa shape index (κ3) is 3.52. The van der Waals surface area contributed by atoms with Gasteiger partial charge in [0.25, 0.3) is 0 Å². The van der Waals surface area contributed by atoms with Crippen LogP contribution < -0.4 is 4.74 Å². The lowest BCUT2D eigenvalue weighted by Gasteiger charge is -2.10. The zero-order valence-electron chi connectivity index (χ0n) is 13.7. The number of ether oxygens (including phenoxy) is 2. The molecule has 0 aliphatic heterocycles. The van der Waals surface area contributed by atoms with Crippen LogP contribution in [-0.4, -0.2) is 18.9 Å². The first-order valence-electron chi connectivity index (χ1n) is 7.53. The van der Waals surface area contributed by atoms with Crippen molar-refractivity contribution in [3.8, 4) is 5.75 Å². The van der Waals surface area contributed by atoms with Crippen LogP contribution in [0.1, 0.15) is 32.5 Å². The van der Waals surface area contributed by atoms with Crippen molar-refractivity contribution in [1.82, 2.24) is 0 Å². The van der Waals surface area contributed by atoms with Gasteiger partial charge in [-0.3, -0.25) is 4.79 Å². The molecule has 0 saturated carbocycles. The molecule has 0 aliphatic rings. The van der Waals surface area contributed by atoms with Crippen molar-refractivity contribution in [2.75, 3.05) is 7.11 Å². The molecule has 25 heavy (non-hydrogen) atoms. The van der Waals surface area contributed by atoms with Crippen molar-refractivity contribution in [3.63, 3.8) is 0 Å². The minimum atomic E-state index is -0.499. The Kier molecular flexibility index (Phi) is 5.06. The Morgan fingerprint density at radius 1 is 1.16 bits per heavy atom. The number of Topliss-reactive ketones (excluding diaryl/α,β-unsaturated/α-hetero) is 1. The molecule has 0 N–H and O–H groups in total. The average molecular weight is 375 g/mol. The summed E-state index contributed by atoms with van der Waals surface area (Å²) < 4.78 is 11.6. The monoisotopic (exact) mass is 374 g/mol. The number of hydrogen-bond donors (Lipinski definition) is 0. The van der Waals surface area contributed by atoms with E-state index in [1.54, 1.807) is 18.2 Å². The topological polar surface area (TPSA) is 52.6 Å². The SMILES string of the molecule is COc1ccc(C(C)=O)cc1COC(=O)c1sc2ccccc2c1Cl. The highest BCUT2D eigenvalue weighted by atomic mass is 35.5. The Balaban J connectivity index is 1.83. The molecule has 4 nitrogen and oxygen atoms in total. The fourth-order valence-corrected chi connectivity index (χ4v) is 3.87. The molecule has 0 saturated heterocycles. The van der Waals surface area contributed by atoms with Crippen LogP contribution in [0.15, 0.2) is 42.5 Å². The predicted molar refractivity (Wildman–Crippen MR) is 99.0 cm³/mol. The molecule has 0 amide bonds. The first-order valence-corrected chi connectivity index (χ1v) is 8.72. The summed E-state index contributed by atoms with van der Waals surface area (Å²) in [7, 11) is 1.52. The molecule has 0 atom stereocenters. The first kappa shape index (κ1) is 17.5. The van der Waals surface area contributed by atoms with Crippen molar-refractivity contribution in [2.24, 2.45) is 0 Å². The molecule has 6 heteroatoms. The van der Waals surface area contributed by atoms with Gasteiger partial charge in [0, 0.05) is 21.2 Å². The van der Waals surface area contributed by atoms with E-state index < -0.39 is 5.97 Å². The molecule has 3 aromatic rings. The van der Waals surface area contributed by atoms with E-state index in [4.69, 9.17) is 21.1 Å². The van der Waals surface area contributed by atoms with Crippen molar-refractivity contribution in [1.29, 1.82) is 0 Å². The third-order valence-corrected chi connectivity index (χ3v) is 5.42. The van der Waals surface area contributed by atoms with Crippen molar-refractivity contribution >= 4 is 44.8 Å². The molecule has 1 heterocycles. The second-order valence-electron chi connectivity index (χ2n) is 5.40. The van der Waals surface area contributed by atoms with E-state index in [0.29, 0.717) is 26.8 Å². The number of thiophene rings is 1. The van der Waals surface area contributed by atoms with Crippen LogP contribution >= 0.6 is 22.9 Å². The maximum Gasteiger partial charge on any atom is 0.350 e. The van der Waals surface area contributed by atoms with Gasteiger partial charge in [-0.2, -0.15) is 0 Å². The number of ketones is 1. The maximum absolute atomic E-state index is 12.4. The van der Waals surface area contributed by atoms with Crippen LogP contribution in [0.4, 0.5) is 0 Å². The van der Waals surface area contributed by atoms with Gasteiger partial charge >= 0.3 is 5.97 Å². The maximum atomic E-state index is 12.4. The van der Waals surface area contributed by atoms with Gasteiger partial charge in [-0.05, 0) is 31.2 Å². The highest BCUT2D eigenvalue weighted by molar-refractivity contribution is 7.21. The van der Waals surface area contributed by atoms with Crippen molar-refractivity contribution in [3.05, 3.63) is 63.5 Å². The second kappa shape index (κ2) is 7.25. The molecule has 0 bridgehead atoms. The summed E-state index contributed by atoms with van der Waals surface area (Å²) in [5, 5.41) is 1.23. The molecule has 2 aromatic carbocycles. The lowest BCUT2D eigenvalue weighted by molar-refractivity contribution is 0.0476. The van der Waals surface area contributed by atoms with Gasteiger partial charge in [-0.1, -0.05) is 29.8 Å². The zero-order chi connectivity index (χ0) is 18.0. The third-order valence-electron chi connectivity index (χ3n) is 3.77. The van der Waals surface area contributed by atoms with Crippen LogP contribution in [0.5, 0.6) is 5.75 Å². The average Bonchev–Trinajstić information content (AvgIpc) is 2.96. The Morgan fingerprint density at radius 2 is 1.92 bits per heavy atom. The Labute approximate surface area is 153 Å². The number of esters is 1. The number of halogens is 1. The van der Waals surface area contributed by atoms with Crippen LogP contribution in [0, 0.1) is 0 Å².